The number of fused-ring (bicyclic) bond motifs is 1. The Morgan fingerprint density at radius 1 is 1.00 bits per heavy atom. The van der Waals surface area contributed by atoms with Crippen LogP contribution in [-0.2, 0) is 11.2 Å². The van der Waals surface area contributed by atoms with E-state index in [1.165, 1.54) is 32.0 Å². The third-order valence-corrected chi connectivity index (χ3v) is 4.80. The normalized spacial score (nSPS) is 18.9. The van der Waals surface area contributed by atoms with Crippen molar-refractivity contribution in [1.82, 2.24) is 0 Å². The summed E-state index contributed by atoms with van der Waals surface area (Å²) < 4.78 is 48.7. The number of esters is 1. The molecule has 0 amide bonds. The predicted molar refractivity (Wildman–Crippen MR) is 89.5 cm³/mol. The van der Waals surface area contributed by atoms with Gasteiger partial charge >= 0.3 is 5.97 Å². The second-order valence-electron chi connectivity index (χ2n) is 6.69. The predicted octanol–water partition coefficient (Wildman–Crippen LogP) is 4.41. The molecule has 2 aromatic rings. The largest absolute Gasteiger partial charge is 0.459 e. The highest BCUT2D eigenvalue weighted by atomic mass is 19.2. The number of aliphatic hydroxyl groups is 1. The summed E-state index contributed by atoms with van der Waals surface area (Å²) in [6.45, 7) is 4.58. The Balaban J connectivity index is 2.07. The Morgan fingerprint density at radius 2 is 1.54 bits per heavy atom. The third kappa shape index (κ3) is 2.98. The summed E-state index contributed by atoms with van der Waals surface area (Å²) in [5.41, 5.74) is 0.260. The van der Waals surface area contributed by atoms with Gasteiger partial charge in [-0.05, 0) is 30.5 Å². The van der Waals surface area contributed by atoms with E-state index in [-0.39, 0.29) is 28.4 Å². The van der Waals surface area contributed by atoms with Gasteiger partial charge in [-0.15, -0.1) is 0 Å². The zero-order chi connectivity index (χ0) is 19.2. The number of rotatable bonds is 3. The van der Waals surface area contributed by atoms with Crippen molar-refractivity contribution in [2.24, 2.45) is 0 Å². The van der Waals surface area contributed by atoms with Crippen LogP contribution in [0.2, 0.25) is 0 Å². The monoisotopic (exact) mass is 364 g/mol. The number of aliphatic hydroxyl groups excluding tert-OH is 1. The van der Waals surface area contributed by atoms with E-state index < -0.39 is 35.4 Å². The molecule has 0 aliphatic carbocycles. The average molecular weight is 364 g/mol. The summed E-state index contributed by atoms with van der Waals surface area (Å²) in [4.78, 5) is 12.0. The average Bonchev–Trinajstić information content (AvgIpc) is 2.56. The van der Waals surface area contributed by atoms with Gasteiger partial charge in [-0.1, -0.05) is 31.2 Å². The third-order valence-electron chi connectivity index (χ3n) is 4.80. The lowest BCUT2D eigenvalue weighted by molar-refractivity contribution is 0.0294. The number of halogens is 3. The lowest BCUT2D eigenvalue weighted by atomic mass is 9.87. The van der Waals surface area contributed by atoms with Gasteiger partial charge < -0.3 is 9.84 Å². The molecule has 26 heavy (non-hydrogen) atoms. The minimum atomic E-state index is -1.16. The van der Waals surface area contributed by atoms with E-state index in [4.69, 9.17) is 4.74 Å². The fourth-order valence-electron chi connectivity index (χ4n) is 3.35. The van der Waals surface area contributed by atoms with Crippen molar-refractivity contribution in [2.75, 3.05) is 0 Å². The van der Waals surface area contributed by atoms with E-state index >= 15 is 0 Å². The Morgan fingerprint density at radius 3 is 2.19 bits per heavy atom. The molecule has 2 aromatic carbocycles. The molecule has 0 radical (unpaired) electrons. The van der Waals surface area contributed by atoms with Gasteiger partial charge in [-0.3, -0.25) is 0 Å². The summed E-state index contributed by atoms with van der Waals surface area (Å²) in [7, 11) is 0. The standard InChI is InChI=1S/C20H19F3O3/c1-9-8-12-4-5-13(17(21)16(12)20(25)26-9)10(2)14-6-7-15(11(3)24)19(23)18(14)22/h4-7,9-11,24H,8H2,1-3H3. The highest BCUT2D eigenvalue weighted by molar-refractivity contribution is 5.92. The molecule has 1 N–H and O–H groups in total. The highest BCUT2D eigenvalue weighted by Gasteiger charge is 2.30. The van der Waals surface area contributed by atoms with Gasteiger partial charge in [0.25, 0.3) is 0 Å². The molecule has 3 atom stereocenters. The van der Waals surface area contributed by atoms with Gasteiger partial charge in [0.1, 0.15) is 11.9 Å². The first-order valence-electron chi connectivity index (χ1n) is 8.40. The molecular formula is C20H19F3O3. The molecule has 0 saturated carbocycles. The van der Waals surface area contributed by atoms with Crippen molar-refractivity contribution in [3.8, 4) is 0 Å². The molecule has 3 nitrogen and oxygen atoms in total. The summed E-state index contributed by atoms with van der Waals surface area (Å²) in [6.07, 6.45) is -1.10. The number of carbonyl (C=O) groups excluding carboxylic acids is 1. The Labute approximate surface area is 149 Å². The minimum absolute atomic E-state index is 0.0525. The second kappa shape index (κ2) is 6.76. The van der Waals surface area contributed by atoms with Crippen molar-refractivity contribution in [3.05, 3.63) is 69.5 Å². The smallest absolute Gasteiger partial charge is 0.341 e. The molecule has 0 saturated heterocycles. The molecule has 6 heteroatoms. The number of carbonyl (C=O) groups is 1. The SMILES string of the molecule is CC1Cc2ccc(C(C)c3ccc(C(C)O)c(F)c3F)c(F)c2C(=O)O1. The molecule has 1 aliphatic rings. The summed E-state index contributed by atoms with van der Waals surface area (Å²) in [5.74, 6) is -4.64. The van der Waals surface area contributed by atoms with E-state index in [0.29, 0.717) is 12.0 Å². The molecular weight excluding hydrogens is 345 g/mol. The molecule has 0 fully saturated rings. The molecule has 138 valence electrons. The van der Waals surface area contributed by atoms with Gasteiger partial charge in [0.05, 0.1) is 11.7 Å². The van der Waals surface area contributed by atoms with Crippen molar-refractivity contribution in [2.45, 2.75) is 45.3 Å². The quantitative estimate of drug-likeness (QED) is 0.821. The minimum Gasteiger partial charge on any atom is -0.459 e. The van der Waals surface area contributed by atoms with E-state index in [2.05, 4.69) is 0 Å². The number of hydrogen-bond acceptors (Lipinski definition) is 3. The Kier molecular flexibility index (Phi) is 4.80. The van der Waals surface area contributed by atoms with E-state index in [0.717, 1.165) is 0 Å². The van der Waals surface area contributed by atoms with Crippen molar-refractivity contribution in [3.63, 3.8) is 0 Å². The molecule has 0 aromatic heterocycles. The molecule has 1 heterocycles. The van der Waals surface area contributed by atoms with Gasteiger partial charge in [-0.25, -0.2) is 18.0 Å². The highest BCUT2D eigenvalue weighted by Crippen LogP contribution is 2.34. The first kappa shape index (κ1) is 18.5. The fraction of sp³-hybridized carbons (Fsp3) is 0.350. The number of cyclic esters (lactones) is 1. The molecule has 0 spiro atoms. The van der Waals surface area contributed by atoms with Gasteiger partial charge in [0, 0.05) is 17.9 Å². The van der Waals surface area contributed by atoms with Crippen LogP contribution in [0.5, 0.6) is 0 Å². The summed E-state index contributed by atoms with van der Waals surface area (Å²) in [6, 6.07) is 5.72. The van der Waals surface area contributed by atoms with Crippen molar-refractivity contribution < 1.29 is 27.8 Å². The van der Waals surface area contributed by atoms with Crippen LogP contribution in [0.15, 0.2) is 24.3 Å². The van der Waals surface area contributed by atoms with Crippen LogP contribution in [0.25, 0.3) is 0 Å². The zero-order valence-electron chi connectivity index (χ0n) is 14.6. The Bertz CT molecular complexity index is 877. The van der Waals surface area contributed by atoms with Crippen LogP contribution in [0, 0.1) is 17.5 Å². The second-order valence-corrected chi connectivity index (χ2v) is 6.69. The van der Waals surface area contributed by atoms with Gasteiger partial charge in [0.2, 0.25) is 0 Å². The lowest BCUT2D eigenvalue weighted by Gasteiger charge is -2.24. The maximum absolute atomic E-state index is 15.0. The summed E-state index contributed by atoms with van der Waals surface area (Å²) >= 11 is 0. The first-order chi connectivity index (χ1) is 12.2. The number of ether oxygens (including phenoxy) is 1. The van der Waals surface area contributed by atoms with Gasteiger partial charge in [0.15, 0.2) is 11.6 Å². The van der Waals surface area contributed by atoms with Crippen molar-refractivity contribution in [1.29, 1.82) is 0 Å². The number of benzene rings is 2. The lowest BCUT2D eigenvalue weighted by Crippen LogP contribution is -2.27. The fourth-order valence-corrected chi connectivity index (χ4v) is 3.35. The van der Waals surface area contributed by atoms with E-state index in [9.17, 15) is 23.1 Å². The zero-order valence-corrected chi connectivity index (χ0v) is 14.6. The van der Waals surface area contributed by atoms with Crippen LogP contribution in [-0.4, -0.2) is 17.2 Å². The molecule has 3 rings (SSSR count). The van der Waals surface area contributed by atoms with Crippen LogP contribution >= 0.6 is 0 Å². The van der Waals surface area contributed by atoms with E-state index in [1.54, 1.807) is 13.0 Å². The van der Waals surface area contributed by atoms with Crippen LogP contribution < -0.4 is 0 Å². The molecule has 1 aliphatic heterocycles. The Hall–Kier alpha value is -2.34. The molecule has 3 unspecified atom stereocenters. The first-order valence-corrected chi connectivity index (χ1v) is 8.40. The van der Waals surface area contributed by atoms with Gasteiger partial charge in [-0.2, -0.15) is 0 Å². The summed E-state index contributed by atoms with van der Waals surface area (Å²) in [5, 5.41) is 9.48. The topological polar surface area (TPSA) is 46.5 Å². The van der Waals surface area contributed by atoms with Crippen LogP contribution in [0.1, 0.15) is 65.4 Å². The maximum atomic E-state index is 15.0. The molecule has 0 bridgehead atoms. The number of hydrogen-bond donors (Lipinski definition) is 1. The maximum Gasteiger partial charge on any atom is 0.341 e. The van der Waals surface area contributed by atoms with Crippen molar-refractivity contribution >= 4 is 5.97 Å². The van der Waals surface area contributed by atoms with E-state index in [1.807, 2.05) is 0 Å². The van der Waals surface area contributed by atoms with Crippen LogP contribution in [0.4, 0.5) is 13.2 Å². The van der Waals surface area contributed by atoms with Crippen LogP contribution in [0.3, 0.4) is 0 Å².